The highest BCUT2D eigenvalue weighted by Crippen LogP contribution is 2.21. The summed E-state index contributed by atoms with van der Waals surface area (Å²) in [4.78, 5) is 17.3. The van der Waals surface area contributed by atoms with E-state index < -0.39 is 0 Å². The number of rotatable bonds is 6. The molecule has 0 atom stereocenters. The van der Waals surface area contributed by atoms with Crippen LogP contribution >= 0.6 is 0 Å². The Bertz CT molecular complexity index is 948. The normalized spacial score (nSPS) is 14.4. The van der Waals surface area contributed by atoms with Crippen LogP contribution in [0.4, 0.5) is 11.4 Å². The largest absolute Gasteiger partial charge is 0.497 e. The van der Waals surface area contributed by atoms with E-state index in [4.69, 9.17) is 4.74 Å². The minimum Gasteiger partial charge on any atom is -0.497 e. The third kappa shape index (κ3) is 4.99. The van der Waals surface area contributed by atoms with E-state index in [0.29, 0.717) is 5.56 Å². The average Bonchev–Trinajstić information content (AvgIpc) is 2.81. The monoisotopic (exact) mass is 401 g/mol. The van der Waals surface area contributed by atoms with Gasteiger partial charge in [-0.05, 0) is 54.1 Å². The molecule has 3 aromatic carbocycles. The fraction of sp³-hybridized carbons (Fsp3) is 0.240. The first-order valence-corrected chi connectivity index (χ1v) is 10.3. The van der Waals surface area contributed by atoms with Crippen LogP contribution in [0.3, 0.4) is 0 Å². The van der Waals surface area contributed by atoms with Crippen molar-refractivity contribution >= 4 is 17.3 Å². The molecule has 0 unspecified atom stereocenters. The Morgan fingerprint density at radius 1 is 0.867 bits per heavy atom. The Labute approximate surface area is 177 Å². The fourth-order valence-corrected chi connectivity index (χ4v) is 3.70. The van der Waals surface area contributed by atoms with Gasteiger partial charge in [0.2, 0.25) is 0 Å². The molecule has 1 amide bonds. The molecule has 0 radical (unpaired) electrons. The van der Waals surface area contributed by atoms with Crippen LogP contribution < -0.4 is 15.0 Å². The van der Waals surface area contributed by atoms with Crippen molar-refractivity contribution in [2.45, 2.75) is 6.54 Å². The number of ether oxygens (including phenoxy) is 1. The quantitative estimate of drug-likeness (QED) is 0.670. The van der Waals surface area contributed by atoms with Crippen LogP contribution in [0.2, 0.25) is 0 Å². The van der Waals surface area contributed by atoms with Crippen LogP contribution in [0.15, 0.2) is 78.9 Å². The summed E-state index contributed by atoms with van der Waals surface area (Å²) in [5, 5.41) is 2.92. The number of piperazine rings is 1. The third-order valence-electron chi connectivity index (χ3n) is 5.46. The number of hydrogen-bond donors (Lipinski definition) is 1. The van der Waals surface area contributed by atoms with Gasteiger partial charge in [0.05, 0.1) is 7.11 Å². The van der Waals surface area contributed by atoms with Crippen molar-refractivity contribution in [2.24, 2.45) is 0 Å². The Morgan fingerprint density at radius 3 is 2.17 bits per heavy atom. The first-order chi connectivity index (χ1) is 14.7. The summed E-state index contributed by atoms with van der Waals surface area (Å²) in [5.74, 6) is 0.805. The van der Waals surface area contributed by atoms with Crippen LogP contribution in [0.5, 0.6) is 5.75 Å². The van der Waals surface area contributed by atoms with Gasteiger partial charge in [0.1, 0.15) is 5.75 Å². The number of hydrogen-bond acceptors (Lipinski definition) is 4. The van der Waals surface area contributed by atoms with Gasteiger partial charge in [-0.3, -0.25) is 9.69 Å². The highest BCUT2D eigenvalue weighted by molar-refractivity contribution is 6.04. The fourth-order valence-electron chi connectivity index (χ4n) is 3.70. The molecule has 1 aliphatic rings. The number of methoxy groups -OCH3 is 1. The Morgan fingerprint density at radius 2 is 1.53 bits per heavy atom. The third-order valence-corrected chi connectivity index (χ3v) is 5.46. The average molecular weight is 402 g/mol. The van der Waals surface area contributed by atoms with E-state index in [2.05, 4.69) is 39.4 Å². The number of carbonyl (C=O) groups is 1. The second-order valence-corrected chi connectivity index (χ2v) is 7.48. The van der Waals surface area contributed by atoms with Crippen molar-refractivity contribution < 1.29 is 9.53 Å². The zero-order valence-electron chi connectivity index (χ0n) is 17.3. The van der Waals surface area contributed by atoms with Crippen molar-refractivity contribution in [1.82, 2.24) is 4.90 Å². The van der Waals surface area contributed by atoms with Gasteiger partial charge in [0.15, 0.2) is 0 Å². The molecule has 3 aromatic rings. The molecule has 1 heterocycles. The Hall–Kier alpha value is -3.31. The Balaban J connectivity index is 1.28. The van der Waals surface area contributed by atoms with Crippen LogP contribution in [0, 0.1) is 0 Å². The van der Waals surface area contributed by atoms with Gasteiger partial charge in [0, 0.05) is 49.7 Å². The summed E-state index contributed by atoms with van der Waals surface area (Å²) in [6, 6.07) is 25.7. The number of nitrogens with zero attached hydrogens (tertiary/aromatic N) is 2. The Kier molecular flexibility index (Phi) is 6.30. The highest BCUT2D eigenvalue weighted by Gasteiger charge is 2.17. The summed E-state index contributed by atoms with van der Waals surface area (Å²) < 4.78 is 5.24. The number of amides is 1. The summed E-state index contributed by atoms with van der Waals surface area (Å²) >= 11 is 0. The minimum absolute atomic E-state index is 0.0825. The number of para-hydroxylation sites is 1. The molecule has 30 heavy (non-hydrogen) atoms. The SMILES string of the molecule is COc1ccc(N2CCN(Cc3ccc(C(=O)Nc4ccccc4)cc3)CC2)cc1. The molecule has 0 aromatic heterocycles. The molecule has 0 bridgehead atoms. The lowest BCUT2D eigenvalue weighted by Gasteiger charge is -2.36. The van der Waals surface area contributed by atoms with Gasteiger partial charge >= 0.3 is 0 Å². The predicted octanol–water partition coefficient (Wildman–Crippen LogP) is 4.27. The lowest BCUT2D eigenvalue weighted by molar-refractivity contribution is 0.102. The number of nitrogens with one attached hydrogen (secondary N) is 1. The number of anilines is 2. The maximum atomic E-state index is 12.4. The van der Waals surface area contributed by atoms with E-state index >= 15 is 0 Å². The highest BCUT2D eigenvalue weighted by atomic mass is 16.5. The zero-order valence-corrected chi connectivity index (χ0v) is 17.3. The van der Waals surface area contributed by atoms with Crippen LogP contribution in [0.25, 0.3) is 0 Å². The molecule has 1 saturated heterocycles. The van der Waals surface area contributed by atoms with Gasteiger partial charge in [-0.15, -0.1) is 0 Å². The molecule has 1 aliphatic heterocycles. The molecule has 1 N–H and O–H groups in total. The number of carbonyl (C=O) groups excluding carboxylic acids is 1. The number of benzene rings is 3. The van der Waals surface area contributed by atoms with E-state index in [1.54, 1.807) is 7.11 Å². The molecule has 0 aliphatic carbocycles. The van der Waals surface area contributed by atoms with E-state index in [1.165, 1.54) is 11.3 Å². The van der Waals surface area contributed by atoms with Crippen molar-refractivity contribution in [3.63, 3.8) is 0 Å². The van der Waals surface area contributed by atoms with Crippen LogP contribution in [0.1, 0.15) is 15.9 Å². The molecule has 4 rings (SSSR count). The van der Waals surface area contributed by atoms with Crippen LogP contribution in [-0.2, 0) is 6.54 Å². The van der Waals surface area contributed by atoms with Gasteiger partial charge in [0.25, 0.3) is 5.91 Å². The van der Waals surface area contributed by atoms with Gasteiger partial charge < -0.3 is 15.0 Å². The summed E-state index contributed by atoms with van der Waals surface area (Å²) in [6.07, 6.45) is 0. The van der Waals surface area contributed by atoms with Crippen molar-refractivity contribution in [2.75, 3.05) is 43.5 Å². The van der Waals surface area contributed by atoms with Gasteiger partial charge in [-0.2, -0.15) is 0 Å². The van der Waals surface area contributed by atoms with Crippen LogP contribution in [-0.4, -0.2) is 44.1 Å². The molecule has 5 nitrogen and oxygen atoms in total. The summed E-state index contributed by atoms with van der Waals surface area (Å²) in [7, 11) is 1.69. The van der Waals surface area contributed by atoms with E-state index in [0.717, 1.165) is 44.2 Å². The van der Waals surface area contributed by atoms with E-state index in [1.807, 2.05) is 54.6 Å². The van der Waals surface area contributed by atoms with E-state index in [-0.39, 0.29) is 5.91 Å². The lowest BCUT2D eigenvalue weighted by atomic mass is 10.1. The second kappa shape index (κ2) is 9.46. The summed E-state index contributed by atoms with van der Waals surface area (Å²) in [5.41, 5.74) is 3.95. The molecular formula is C25H27N3O2. The molecule has 5 heteroatoms. The first-order valence-electron chi connectivity index (χ1n) is 10.3. The smallest absolute Gasteiger partial charge is 0.255 e. The minimum atomic E-state index is -0.0825. The van der Waals surface area contributed by atoms with E-state index in [9.17, 15) is 4.79 Å². The second-order valence-electron chi connectivity index (χ2n) is 7.48. The van der Waals surface area contributed by atoms with Crippen molar-refractivity contribution in [3.05, 3.63) is 90.0 Å². The molecule has 0 spiro atoms. The van der Waals surface area contributed by atoms with Gasteiger partial charge in [-0.25, -0.2) is 0 Å². The van der Waals surface area contributed by atoms with Crippen molar-refractivity contribution in [3.8, 4) is 5.75 Å². The molecular weight excluding hydrogens is 374 g/mol. The predicted molar refractivity (Wildman–Crippen MR) is 121 cm³/mol. The van der Waals surface area contributed by atoms with Crippen molar-refractivity contribution in [1.29, 1.82) is 0 Å². The zero-order chi connectivity index (χ0) is 20.8. The molecule has 154 valence electrons. The summed E-state index contributed by atoms with van der Waals surface area (Å²) in [6.45, 7) is 4.94. The topological polar surface area (TPSA) is 44.8 Å². The standard InChI is InChI=1S/C25H27N3O2/c1-30-24-13-11-23(12-14-24)28-17-15-27(16-18-28)19-20-7-9-21(10-8-20)25(29)26-22-5-3-2-4-6-22/h2-14H,15-19H2,1H3,(H,26,29). The first kappa shape index (κ1) is 20.0. The maximum Gasteiger partial charge on any atom is 0.255 e. The maximum absolute atomic E-state index is 12.4. The van der Waals surface area contributed by atoms with Gasteiger partial charge in [-0.1, -0.05) is 30.3 Å². The molecule has 0 saturated carbocycles. The molecule has 1 fully saturated rings. The lowest BCUT2D eigenvalue weighted by Crippen LogP contribution is -2.45.